The van der Waals surface area contributed by atoms with Crippen molar-refractivity contribution in [3.63, 3.8) is 0 Å². The van der Waals surface area contributed by atoms with Crippen LogP contribution in [0.15, 0.2) is 24.3 Å². The molecule has 0 aliphatic carbocycles. The van der Waals surface area contributed by atoms with Crippen molar-refractivity contribution in [1.29, 1.82) is 0 Å². The number of hydrogen-bond acceptors (Lipinski definition) is 4. The summed E-state index contributed by atoms with van der Waals surface area (Å²) in [5.74, 6) is 0.926. The van der Waals surface area contributed by atoms with Gasteiger partial charge in [-0.2, -0.15) is 0 Å². The first-order valence-corrected chi connectivity index (χ1v) is 8.94. The normalized spacial score (nSPS) is 30.0. The monoisotopic (exact) mass is 318 g/mol. The fraction of sp³-hybridized carbons (Fsp3) is 0.684. The third kappa shape index (κ3) is 4.18. The van der Waals surface area contributed by atoms with Crippen molar-refractivity contribution in [2.24, 2.45) is 0 Å². The highest BCUT2D eigenvalue weighted by atomic mass is 16.5. The molecule has 2 aliphatic heterocycles. The minimum Gasteiger partial charge on any atom is -0.497 e. The number of anilines is 1. The van der Waals surface area contributed by atoms with Gasteiger partial charge < -0.3 is 14.4 Å². The molecule has 4 nitrogen and oxygen atoms in total. The third-order valence-corrected chi connectivity index (χ3v) is 5.16. The summed E-state index contributed by atoms with van der Waals surface area (Å²) in [6.07, 6.45) is 4.36. The van der Waals surface area contributed by atoms with Crippen LogP contribution >= 0.6 is 0 Å². The van der Waals surface area contributed by atoms with Gasteiger partial charge >= 0.3 is 0 Å². The van der Waals surface area contributed by atoms with E-state index in [2.05, 4.69) is 47.9 Å². The Balaban J connectivity index is 1.60. The highest BCUT2D eigenvalue weighted by Crippen LogP contribution is 2.26. The molecule has 2 saturated heterocycles. The molecule has 2 atom stereocenters. The molecule has 3 rings (SSSR count). The molecule has 0 radical (unpaired) electrons. The molecule has 1 aromatic carbocycles. The number of rotatable bonds is 3. The van der Waals surface area contributed by atoms with E-state index in [1.807, 2.05) is 0 Å². The van der Waals surface area contributed by atoms with E-state index >= 15 is 0 Å². The van der Waals surface area contributed by atoms with Crippen molar-refractivity contribution < 1.29 is 9.47 Å². The Hall–Kier alpha value is -1.26. The van der Waals surface area contributed by atoms with E-state index in [9.17, 15) is 0 Å². The van der Waals surface area contributed by atoms with E-state index < -0.39 is 0 Å². The van der Waals surface area contributed by atoms with Gasteiger partial charge in [0, 0.05) is 37.9 Å². The Bertz CT molecular complexity index is 481. The van der Waals surface area contributed by atoms with E-state index in [0.29, 0.717) is 18.2 Å². The highest BCUT2D eigenvalue weighted by Gasteiger charge is 2.29. The zero-order chi connectivity index (χ0) is 16.2. The maximum Gasteiger partial charge on any atom is 0.119 e. The predicted molar refractivity (Wildman–Crippen MR) is 94.4 cm³/mol. The van der Waals surface area contributed by atoms with Crippen molar-refractivity contribution in [3.05, 3.63) is 24.3 Å². The fourth-order valence-corrected chi connectivity index (χ4v) is 4.02. The average molecular weight is 318 g/mol. The first kappa shape index (κ1) is 16.6. The van der Waals surface area contributed by atoms with Crippen LogP contribution in [0.4, 0.5) is 5.69 Å². The summed E-state index contributed by atoms with van der Waals surface area (Å²) in [5, 5.41) is 0. The number of nitrogens with zero attached hydrogens (tertiary/aromatic N) is 2. The number of benzene rings is 1. The van der Waals surface area contributed by atoms with E-state index in [0.717, 1.165) is 25.4 Å². The molecule has 2 heterocycles. The predicted octanol–water partition coefficient (Wildman–Crippen LogP) is 3.16. The number of methoxy groups -OCH3 is 1. The van der Waals surface area contributed by atoms with Gasteiger partial charge in [-0.15, -0.1) is 0 Å². The van der Waals surface area contributed by atoms with Crippen LogP contribution in [-0.2, 0) is 4.74 Å². The largest absolute Gasteiger partial charge is 0.497 e. The molecule has 2 unspecified atom stereocenters. The third-order valence-electron chi connectivity index (χ3n) is 5.16. The highest BCUT2D eigenvalue weighted by molar-refractivity contribution is 5.49. The fourth-order valence-electron chi connectivity index (χ4n) is 4.02. The molecule has 128 valence electrons. The summed E-state index contributed by atoms with van der Waals surface area (Å²) in [7, 11) is 1.72. The zero-order valence-electron chi connectivity index (χ0n) is 14.7. The SMILES string of the molecule is COc1ccc(N2CCCN(C3CC(C)OC(C)C3)CC2)cc1. The zero-order valence-corrected chi connectivity index (χ0v) is 14.7. The topological polar surface area (TPSA) is 24.9 Å². The first-order chi connectivity index (χ1) is 11.2. The molecule has 0 aromatic heterocycles. The van der Waals surface area contributed by atoms with Gasteiger partial charge in [0.2, 0.25) is 0 Å². The summed E-state index contributed by atoms with van der Waals surface area (Å²) in [5.41, 5.74) is 1.31. The van der Waals surface area contributed by atoms with Crippen LogP contribution in [-0.4, -0.2) is 56.4 Å². The lowest BCUT2D eigenvalue weighted by Gasteiger charge is -2.39. The molecule has 2 fully saturated rings. The van der Waals surface area contributed by atoms with Crippen molar-refractivity contribution in [3.8, 4) is 5.75 Å². The molecule has 4 heteroatoms. The van der Waals surface area contributed by atoms with Gasteiger partial charge in [-0.1, -0.05) is 0 Å². The number of hydrogen-bond donors (Lipinski definition) is 0. The Morgan fingerprint density at radius 3 is 2.30 bits per heavy atom. The van der Waals surface area contributed by atoms with Crippen molar-refractivity contribution in [2.75, 3.05) is 38.2 Å². The minimum atomic E-state index is 0.393. The molecular weight excluding hydrogens is 288 g/mol. The Kier molecular flexibility index (Phi) is 5.44. The molecule has 0 spiro atoms. The maximum atomic E-state index is 5.90. The molecular formula is C19H30N2O2. The summed E-state index contributed by atoms with van der Waals surface area (Å²) in [6, 6.07) is 9.14. The van der Waals surface area contributed by atoms with Gasteiger partial charge in [0.15, 0.2) is 0 Å². The lowest BCUT2D eigenvalue weighted by molar-refractivity contribution is -0.0641. The average Bonchev–Trinajstić information content (AvgIpc) is 2.80. The van der Waals surface area contributed by atoms with Crippen LogP contribution in [0, 0.1) is 0 Å². The van der Waals surface area contributed by atoms with Crippen molar-refractivity contribution in [2.45, 2.75) is 51.4 Å². The Morgan fingerprint density at radius 1 is 0.957 bits per heavy atom. The van der Waals surface area contributed by atoms with E-state index in [1.54, 1.807) is 7.11 Å². The molecule has 0 saturated carbocycles. The van der Waals surface area contributed by atoms with Gasteiger partial charge in [-0.3, -0.25) is 4.90 Å². The molecule has 0 amide bonds. The molecule has 0 bridgehead atoms. The van der Waals surface area contributed by atoms with Gasteiger partial charge in [-0.25, -0.2) is 0 Å². The lowest BCUT2D eigenvalue weighted by atomic mass is 9.98. The minimum absolute atomic E-state index is 0.393. The summed E-state index contributed by atoms with van der Waals surface area (Å²) in [6.45, 7) is 9.02. The van der Waals surface area contributed by atoms with Gasteiger partial charge in [-0.05, 0) is 57.4 Å². The lowest BCUT2D eigenvalue weighted by Crippen LogP contribution is -2.45. The quantitative estimate of drug-likeness (QED) is 0.855. The van der Waals surface area contributed by atoms with E-state index in [1.165, 1.54) is 31.5 Å². The molecule has 23 heavy (non-hydrogen) atoms. The molecule has 1 aromatic rings. The summed E-state index contributed by atoms with van der Waals surface area (Å²) in [4.78, 5) is 5.20. The van der Waals surface area contributed by atoms with Gasteiger partial charge in [0.25, 0.3) is 0 Å². The second-order valence-electron chi connectivity index (χ2n) is 6.96. The second kappa shape index (κ2) is 7.54. The first-order valence-electron chi connectivity index (χ1n) is 8.94. The Morgan fingerprint density at radius 2 is 1.65 bits per heavy atom. The summed E-state index contributed by atoms with van der Waals surface area (Å²) >= 11 is 0. The maximum absolute atomic E-state index is 5.90. The van der Waals surface area contributed by atoms with Crippen LogP contribution in [0.25, 0.3) is 0 Å². The van der Waals surface area contributed by atoms with Gasteiger partial charge in [0.05, 0.1) is 19.3 Å². The van der Waals surface area contributed by atoms with Crippen LogP contribution in [0.3, 0.4) is 0 Å². The molecule has 0 N–H and O–H groups in total. The smallest absolute Gasteiger partial charge is 0.119 e. The van der Waals surface area contributed by atoms with Crippen molar-refractivity contribution >= 4 is 5.69 Å². The standard InChI is InChI=1S/C19H30N2O2/c1-15-13-18(14-16(2)23-15)21-10-4-9-20(11-12-21)17-5-7-19(22-3)8-6-17/h5-8,15-16,18H,4,9-14H2,1-3H3. The van der Waals surface area contributed by atoms with Crippen LogP contribution in [0.5, 0.6) is 5.75 Å². The van der Waals surface area contributed by atoms with Crippen LogP contribution in [0.2, 0.25) is 0 Å². The van der Waals surface area contributed by atoms with E-state index in [-0.39, 0.29) is 0 Å². The van der Waals surface area contributed by atoms with E-state index in [4.69, 9.17) is 9.47 Å². The number of ether oxygens (including phenoxy) is 2. The van der Waals surface area contributed by atoms with Crippen LogP contribution in [0.1, 0.15) is 33.1 Å². The summed E-state index contributed by atoms with van der Waals surface area (Å²) < 4.78 is 11.2. The van der Waals surface area contributed by atoms with Crippen LogP contribution < -0.4 is 9.64 Å². The second-order valence-corrected chi connectivity index (χ2v) is 6.96. The van der Waals surface area contributed by atoms with Gasteiger partial charge in [0.1, 0.15) is 5.75 Å². The Labute approximate surface area is 140 Å². The van der Waals surface area contributed by atoms with Crippen molar-refractivity contribution in [1.82, 2.24) is 4.90 Å². The molecule has 2 aliphatic rings.